The van der Waals surface area contributed by atoms with Gasteiger partial charge in [-0.15, -0.1) is 0 Å². The summed E-state index contributed by atoms with van der Waals surface area (Å²) in [5.74, 6) is 0.707. The van der Waals surface area contributed by atoms with Crippen molar-refractivity contribution in [3.8, 4) is 0 Å². The molecule has 0 atom stereocenters. The summed E-state index contributed by atoms with van der Waals surface area (Å²) in [6.45, 7) is 9.54. The van der Waals surface area contributed by atoms with Gasteiger partial charge >= 0.3 is 0 Å². The van der Waals surface area contributed by atoms with E-state index in [4.69, 9.17) is 11.6 Å². The molecule has 0 spiro atoms. The number of amides is 1. The van der Waals surface area contributed by atoms with Crippen LogP contribution in [0.25, 0.3) is 0 Å². The van der Waals surface area contributed by atoms with Gasteiger partial charge in [-0.3, -0.25) is 4.79 Å². The van der Waals surface area contributed by atoms with Gasteiger partial charge in [0.1, 0.15) is 0 Å². The number of carbonyl (C=O) groups excluding carboxylic acids is 1. The summed E-state index contributed by atoms with van der Waals surface area (Å²) < 4.78 is 0. The van der Waals surface area contributed by atoms with Crippen molar-refractivity contribution in [2.75, 3.05) is 31.1 Å². The summed E-state index contributed by atoms with van der Waals surface area (Å²) in [6.07, 6.45) is 0.649. The van der Waals surface area contributed by atoms with Crippen molar-refractivity contribution in [1.82, 2.24) is 4.90 Å². The molecule has 0 aromatic heterocycles. The van der Waals surface area contributed by atoms with Crippen LogP contribution in [0.3, 0.4) is 0 Å². The minimum atomic E-state index is 0.279. The molecule has 110 valence electrons. The van der Waals surface area contributed by atoms with Crippen molar-refractivity contribution in [1.29, 1.82) is 0 Å². The molecule has 1 heterocycles. The zero-order valence-corrected chi connectivity index (χ0v) is 13.3. The summed E-state index contributed by atoms with van der Waals surface area (Å²) in [7, 11) is 0. The molecular formula is C16H23ClN2O. The van der Waals surface area contributed by atoms with Crippen LogP contribution in [0.1, 0.15) is 25.8 Å². The minimum Gasteiger partial charge on any atom is -0.368 e. The number of piperazine rings is 1. The minimum absolute atomic E-state index is 0.279. The van der Waals surface area contributed by atoms with E-state index in [1.807, 2.05) is 24.0 Å². The first-order valence-corrected chi connectivity index (χ1v) is 7.64. The lowest BCUT2D eigenvalue weighted by Gasteiger charge is -2.36. The van der Waals surface area contributed by atoms with Gasteiger partial charge in [0.05, 0.1) is 0 Å². The number of hydrogen-bond donors (Lipinski definition) is 0. The van der Waals surface area contributed by atoms with E-state index in [1.165, 1.54) is 0 Å². The first-order chi connectivity index (χ1) is 9.47. The number of aryl methyl sites for hydroxylation is 1. The molecule has 0 saturated carbocycles. The average molecular weight is 295 g/mol. The number of hydrogen-bond acceptors (Lipinski definition) is 2. The molecule has 0 unspecified atom stereocenters. The topological polar surface area (TPSA) is 23.6 Å². The monoisotopic (exact) mass is 294 g/mol. The molecule has 0 aliphatic carbocycles. The molecule has 4 heteroatoms. The van der Waals surface area contributed by atoms with Crippen LogP contribution in [0.2, 0.25) is 5.02 Å². The van der Waals surface area contributed by atoms with Crippen LogP contribution >= 0.6 is 11.6 Å². The first kappa shape index (κ1) is 15.2. The summed E-state index contributed by atoms with van der Waals surface area (Å²) in [6, 6.07) is 6.17. The predicted molar refractivity (Wildman–Crippen MR) is 84.4 cm³/mol. The van der Waals surface area contributed by atoms with Gasteiger partial charge < -0.3 is 9.80 Å². The second kappa shape index (κ2) is 6.49. The van der Waals surface area contributed by atoms with Crippen LogP contribution in [-0.2, 0) is 4.79 Å². The third kappa shape index (κ3) is 3.66. The van der Waals surface area contributed by atoms with E-state index in [0.717, 1.165) is 42.5 Å². The Morgan fingerprint density at radius 3 is 2.45 bits per heavy atom. The highest BCUT2D eigenvalue weighted by Gasteiger charge is 2.21. The van der Waals surface area contributed by atoms with Crippen molar-refractivity contribution in [2.45, 2.75) is 27.2 Å². The lowest BCUT2D eigenvalue weighted by Crippen LogP contribution is -2.49. The Balaban J connectivity index is 1.94. The fourth-order valence-electron chi connectivity index (χ4n) is 2.47. The van der Waals surface area contributed by atoms with Gasteiger partial charge in [0.15, 0.2) is 0 Å². The Hall–Kier alpha value is -1.22. The SMILES string of the molecule is Cc1ccc(N2CCN(C(=O)CC(C)C)CC2)cc1Cl. The van der Waals surface area contributed by atoms with Gasteiger partial charge in [-0.2, -0.15) is 0 Å². The first-order valence-electron chi connectivity index (χ1n) is 7.26. The van der Waals surface area contributed by atoms with Gasteiger partial charge in [-0.1, -0.05) is 31.5 Å². The smallest absolute Gasteiger partial charge is 0.222 e. The highest BCUT2D eigenvalue weighted by Crippen LogP contribution is 2.24. The standard InChI is InChI=1S/C16H23ClN2O/c1-12(2)10-16(20)19-8-6-18(7-9-19)14-5-4-13(3)15(17)11-14/h4-5,11-12H,6-10H2,1-3H3. The molecule has 3 nitrogen and oxygen atoms in total. The zero-order chi connectivity index (χ0) is 14.7. The highest BCUT2D eigenvalue weighted by molar-refractivity contribution is 6.31. The third-order valence-electron chi connectivity index (χ3n) is 3.74. The van der Waals surface area contributed by atoms with E-state index in [1.54, 1.807) is 0 Å². The molecule has 0 N–H and O–H groups in total. The Labute approximate surface area is 126 Å². The van der Waals surface area contributed by atoms with Crippen LogP contribution in [0.15, 0.2) is 18.2 Å². The molecule has 1 amide bonds. The van der Waals surface area contributed by atoms with Crippen LogP contribution in [0.4, 0.5) is 5.69 Å². The van der Waals surface area contributed by atoms with Gasteiger partial charge in [0, 0.05) is 43.3 Å². The number of nitrogens with zero attached hydrogens (tertiary/aromatic N) is 2. The highest BCUT2D eigenvalue weighted by atomic mass is 35.5. The summed E-state index contributed by atoms with van der Waals surface area (Å²) in [5.41, 5.74) is 2.25. The fraction of sp³-hybridized carbons (Fsp3) is 0.562. The molecule has 1 aromatic carbocycles. The summed E-state index contributed by atoms with van der Waals surface area (Å²) in [4.78, 5) is 16.3. The molecule has 1 saturated heterocycles. The number of benzene rings is 1. The molecule has 1 aliphatic rings. The van der Waals surface area contributed by atoms with Gasteiger partial charge in [-0.25, -0.2) is 0 Å². The van der Waals surface area contributed by atoms with Crippen molar-refractivity contribution < 1.29 is 4.79 Å². The Morgan fingerprint density at radius 1 is 1.25 bits per heavy atom. The number of anilines is 1. The normalized spacial score (nSPS) is 15.8. The maximum Gasteiger partial charge on any atom is 0.222 e. The van der Waals surface area contributed by atoms with E-state index in [-0.39, 0.29) is 5.91 Å². The van der Waals surface area contributed by atoms with Crippen LogP contribution in [0.5, 0.6) is 0 Å². The summed E-state index contributed by atoms with van der Waals surface area (Å²) >= 11 is 6.18. The Kier molecular flexibility index (Phi) is 4.92. The van der Waals surface area contributed by atoms with E-state index in [2.05, 4.69) is 24.8 Å². The molecule has 2 rings (SSSR count). The molecule has 1 aliphatic heterocycles. The van der Waals surface area contributed by atoms with Crippen molar-refractivity contribution >= 4 is 23.2 Å². The molecule has 20 heavy (non-hydrogen) atoms. The second-order valence-electron chi connectivity index (χ2n) is 5.90. The third-order valence-corrected chi connectivity index (χ3v) is 4.14. The maximum atomic E-state index is 12.0. The van der Waals surface area contributed by atoms with E-state index < -0.39 is 0 Å². The zero-order valence-electron chi connectivity index (χ0n) is 12.5. The predicted octanol–water partition coefficient (Wildman–Crippen LogP) is 3.34. The molecule has 1 fully saturated rings. The number of halogens is 1. The van der Waals surface area contributed by atoms with Crippen LogP contribution in [0, 0.1) is 12.8 Å². The quantitative estimate of drug-likeness (QED) is 0.853. The van der Waals surface area contributed by atoms with Crippen LogP contribution < -0.4 is 4.90 Å². The molecule has 0 radical (unpaired) electrons. The van der Waals surface area contributed by atoms with Crippen molar-refractivity contribution in [2.24, 2.45) is 5.92 Å². The van der Waals surface area contributed by atoms with E-state index in [0.29, 0.717) is 12.3 Å². The van der Waals surface area contributed by atoms with Gasteiger partial charge in [0.25, 0.3) is 0 Å². The largest absolute Gasteiger partial charge is 0.368 e. The summed E-state index contributed by atoms with van der Waals surface area (Å²) in [5, 5.41) is 0.806. The number of rotatable bonds is 3. The van der Waals surface area contributed by atoms with Crippen molar-refractivity contribution in [3.05, 3.63) is 28.8 Å². The lowest BCUT2D eigenvalue weighted by atomic mass is 10.1. The van der Waals surface area contributed by atoms with Gasteiger partial charge in [-0.05, 0) is 30.5 Å². The second-order valence-corrected chi connectivity index (χ2v) is 6.31. The Morgan fingerprint density at radius 2 is 1.90 bits per heavy atom. The maximum absolute atomic E-state index is 12.0. The molecule has 0 bridgehead atoms. The Bertz CT molecular complexity index is 479. The molecule has 1 aromatic rings. The van der Waals surface area contributed by atoms with Gasteiger partial charge in [0.2, 0.25) is 5.91 Å². The molecular weight excluding hydrogens is 272 g/mol. The van der Waals surface area contributed by atoms with E-state index >= 15 is 0 Å². The fourth-order valence-corrected chi connectivity index (χ4v) is 2.65. The lowest BCUT2D eigenvalue weighted by molar-refractivity contribution is -0.132. The number of carbonyl (C=O) groups is 1. The average Bonchev–Trinajstić information content (AvgIpc) is 2.41. The van der Waals surface area contributed by atoms with E-state index in [9.17, 15) is 4.79 Å². The van der Waals surface area contributed by atoms with Crippen LogP contribution in [-0.4, -0.2) is 37.0 Å². The van der Waals surface area contributed by atoms with Crippen molar-refractivity contribution in [3.63, 3.8) is 0 Å².